The number of hydrazone groups is 1. The van der Waals surface area contributed by atoms with Crippen molar-refractivity contribution in [1.82, 2.24) is 14.2 Å². The van der Waals surface area contributed by atoms with Gasteiger partial charge in [0.05, 0.1) is 28.6 Å². The summed E-state index contributed by atoms with van der Waals surface area (Å²) in [6.45, 7) is 0. The van der Waals surface area contributed by atoms with Crippen LogP contribution >= 0.6 is 11.7 Å². The lowest BCUT2D eigenvalue weighted by Gasteiger charge is -2.04. The zero-order valence-corrected chi connectivity index (χ0v) is 13.2. The topological polar surface area (TPSA) is 143 Å². The van der Waals surface area contributed by atoms with E-state index in [0.29, 0.717) is 22.3 Å². The smallest absolute Gasteiger partial charge is 0.339 e. The number of nitro benzene ring substituents is 1. The molecule has 3 aromatic rings. The van der Waals surface area contributed by atoms with Crippen LogP contribution in [-0.2, 0) is 0 Å². The van der Waals surface area contributed by atoms with E-state index in [2.05, 4.69) is 24.6 Å². The van der Waals surface area contributed by atoms with Crippen LogP contribution in [-0.4, -0.2) is 31.0 Å². The Labute approximate surface area is 144 Å². The molecule has 1 aromatic heterocycles. The van der Waals surface area contributed by atoms with Crippen LogP contribution in [0.25, 0.3) is 11.0 Å². The van der Waals surface area contributed by atoms with E-state index in [1.54, 1.807) is 18.2 Å². The number of fused-ring (bicyclic) bond motifs is 1. The van der Waals surface area contributed by atoms with E-state index in [-0.39, 0.29) is 0 Å². The van der Waals surface area contributed by atoms with Crippen molar-refractivity contribution in [2.45, 2.75) is 0 Å². The van der Waals surface area contributed by atoms with Crippen molar-refractivity contribution >= 4 is 46.4 Å². The molecule has 0 saturated carbocycles. The summed E-state index contributed by atoms with van der Waals surface area (Å²) in [7, 11) is 0. The van der Waals surface area contributed by atoms with Gasteiger partial charge in [0.25, 0.3) is 0 Å². The average molecular weight is 358 g/mol. The van der Waals surface area contributed by atoms with E-state index in [1.807, 2.05) is 0 Å². The number of rotatable bonds is 4. The van der Waals surface area contributed by atoms with E-state index >= 15 is 0 Å². The molecule has 0 unspecified atom stereocenters. The van der Waals surface area contributed by atoms with Gasteiger partial charge in [0.1, 0.15) is 11.0 Å². The highest BCUT2D eigenvalue weighted by atomic mass is 32.1. The van der Waals surface area contributed by atoms with Gasteiger partial charge >= 0.3 is 11.7 Å². The number of nitrogens with one attached hydrogen (secondary N) is 2. The Bertz CT molecular complexity index is 986. The summed E-state index contributed by atoms with van der Waals surface area (Å²) in [6, 6.07) is 8.32. The molecule has 0 aliphatic heterocycles. The number of nitro groups is 1. The summed E-state index contributed by atoms with van der Waals surface area (Å²) in [6.07, 6.45) is 1.22. The highest BCUT2D eigenvalue weighted by molar-refractivity contribution is 7.00. The monoisotopic (exact) mass is 358 g/mol. The number of hydrogen-bond acceptors (Lipinski definition) is 8. The molecule has 25 heavy (non-hydrogen) atoms. The molecule has 3 N–H and O–H groups in total. The number of aromatic hydroxyl groups is 1. The van der Waals surface area contributed by atoms with Crippen molar-refractivity contribution in [2.75, 3.05) is 5.32 Å². The van der Waals surface area contributed by atoms with Gasteiger partial charge < -0.3 is 10.4 Å². The van der Waals surface area contributed by atoms with Crippen LogP contribution in [0.2, 0.25) is 0 Å². The lowest BCUT2D eigenvalue weighted by molar-refractivity contribution is -0.385. The minimum atomic E-state index is -0.713. The van der Waals surface area contributed by atoms with Gasteiger partial charge in [-0.05, 0) is 24.3 Å². The number of amides is 2. The van der Waals surface area contributed by atoms with E-state index < -0.39 is 22.4 Å². The fraction of sp³-hybridized carbons (Fsp3) is 0. The van der Waals surface area contributed by atoms with Gasteiger partial charge in [-0.3, -0.25) is 10.1 Å². The molecule has 2 aromatic carbocycles. The maximum atomic E-state index is 11.9. The van der Waals surface area contributed by atoms with Gasteiger partial charge in [0.15, 0.2) is 5.75 Å². The molecule has 0 bridgehead atoms. The maximum Gasteiger partial charge on any atom is 0.339 e. The summed E-state index contributed by atoms with van der Waals surface area (Å²) in [5.41, 5.74) is 3.86. The molecule has 2 amide bonds. The number of phenolic OH excluding ortho intramolecular Hbond substituents is 1. The molecule has 10 nitrogen and oxygen atoms in total. The number of carbonyl (C=O) groups excluding carboxylic acids is 1. The van der Waals surface area contributed by atoms with E-state index in [1.165, 1.54) is 18.3 Å². The number of anilines is 1. The second-order valence-corrected chi connectivity index (χ2v) is 5.30. The largest absolute Gasteiger partial charge is 0.502 e. The number of carbonyl (C=O) groups is 1. The van der Waals surface area contributed by atoms with E-state index in [4.69, 9.17) is 0 Å². The second kappa shape index (κ2) is 6.88. The third-order valence-corrected chi connectivity index (χ3v) is 3.65. The van der Waals surface area contributed by atoms with Gasteiger partial charge in [0, 0.05) is 11.6 Å². The number of phenols is 1. The van der Waals surface area contributed by atoms with Gasteiger partial charge in [-0.2, -0.15) is 13.8 Å². The van der Waals surface area contributed by atoms with Crippen LogP contribution in [0.4, 0.5) is 16.2 Å². The summed E-state index contributed by atoms with van der Waals surface area (Å²) in [5.74, 6) is -0.446. The van der Waals surface area contributed by atoms with Crippen molar-refractivity contribution < 1.29 is 14.8 Å². The molecule has 1 heterocycles. The van der Waals surface area contributed by atoms with E-state index in [0.717, 1.165) is 17.8 Å². The Morgan fingerprint density at radius 2 is 2.16 bits per heavy atom. The zero-order chi connectivity index (χ0) is 17.8. The lowest BCUT2D eigenvalue weighted by Crippen LogP contribution is -2.24. The molecule has 0 spiro atoms. The van der Waals surface area contributed by atoms with Crippen LogP contribution in [0.5, 0.6) is 5.75 Å². The molecule has 0 aliphatic carbocycles. The Balaban J connectivity index is 1.66. The fourth-order valence-electron chi connectivity index (χ4n) is 1.99. The number of nitrogens with zero attached hydrogens (tertiary/aromatic N) is 4. The van der Waals surface area contributed by atoms with Crippen molar-refractivity contribution in [3.8, 4) is 5.75 Å². The lowest BCUT2D eigenvalue weighted by atomic mass is 10.2. The Morgan fingerprint density at radius 3 is 2.96 bits per heavy atom. The van der Waals surface area contributed by atoms with E-state index in [9.17, 15) is 20.0 Å². The predicted molar refractivity (Wildman–Crippen MR) is 91.9 cm³/mol. The Hall–Kier alpha value is -3.60. The zero-order valence-electron chi connectivity index (χ0n) is 12.4. The summed E-state index contributed by atoms with van der Waals surface area (Å²) in [5, 5.41) is 26.4. The van der Waals surface area contributed by atoms with Crippen LogP contribution in [0.3, 0.4) is 0 Å². The summed E-state index contributed by atoms with van der Waals surface area (Å²) >= 11 is 1.04. The van der Waals surface area contributed by atoms with Gasteiger partial charge in [-0.15, -0.1) is 0 Å². The van der Waals surface area contributed by atoms with Crippen molar-refractivity contribution in [3.63, 3.8) is 0 Å². The number of aromatic nitrogens is 2. The first-order valence-electron chi connectivity index (χ1n) is 6.83. The standard InChI is InChI=1S/C14H10N6O4S/c21-12-5-4-8(6-11(12)20(23)24)7-15-17-14(22)16-9-2-1-3-10-13(9)19-25-18-10/h1-7,21H,(H2,16,17,22)/b15-7+. The highest BCUT2D eigenvalue weighted by Crippen LogP contribution is 2.25. The first-order chi connectivity index (χ1) is 12.0. The van der Waals surface area contributed by atoms with Crippen molar-refractivity contribution in [2.24, 2.45) is 5.10 Å². The average Bonchev–Trinajstić information content (AvgIpc) is 3.06. The Kier molecular flexibility index (Phi) is 4.48. The number of benzene rings is 2. The molecular formula is C14H10N6O4S. The minimum absolute atomic E-state index is 0.343. The molecule has 0 saturated heterocycles. The summed E-state index contributed by atoms with van der Waals surface area (Å²) < 4.78 is 8.17. The highest BCUT2D eigenvalue weighted by Gasteiger charge is 2.13. The van der Waals surface area contributed by atoms with Crippen LogP contribution in [0.1, 0.15) is 5.56 Å². The normalized spacial score (nSPS) is 10.9. The van der Waals surface area contributed by atoms with Crippen molar-refractivity contribution in [1.29, 1.82) is 0 Å². The predicted octanol–water partition coefficient (Wildman–Crippen LogP) is 2.46. The second-order valence-electron chi connectivity index (χ2n) is 4.77. The molecule has 0 radical (unpaired) electrons. The van der Waals surface area contributed by atoms with Crippen LogP contribution in [0, 0.1) is 10.1 Å². The van der Waals surface area contributed by atoms with Crippen molar-refractivity contribution in [3.05, 3.63) is 52.1 Å². The first kappa shape index (κ1) is 16.3. The SMILES string of the molecule is O=C(N/N=C/c1ccc(O)c([N+](=O)[O-])c1)Nc1cccc2nsnc12. The Morgan fingerprint density at radius 1 is 1.32 bits per heavy atom. The molecule has 0 atom stereocenters. The molecule has 0 fully saturated rings. The van der Waals surface area contributed by atoms with Gasteiger partial charge in [-0.1, -0.05) is 6.07 Å². The minimum Gasteiger partial charge on any atom is -0.502 e. The third kappa shape index (κ3) is 3.67. The fourth-order valence-corrected chi connectivity index (χ4v) is 2.54. The van der Waals surface area contributed by atoms with Crippen LogP contribution in [0.15, 0.2) is 41.5 Å². The number of hydrogen-bond donors (Lipinski definition) is 3. The molecule has 126 valence electrons. The summed E-state index contributed by atoms with van der Waals surface area (Å²) in [4.78, 5) is 21.9. The third-order valence-electron chi connectivity index (χ3n) is 3.11. The molecule has 3 rings (SSSR count). The first-order valence-corrected chi connectivity index (χ1v) is 7.56. The van der Waals surface area contributed by atoms with Gasteiger partial charge in [0.2, 0.25) is 0 Å². The molecule has 11 heteroatoms. The van der Waals surface area contributed by atoms with Gasteiger partial charge in [-0.25, -0.2) is 10.2 Å². The quantitative estimate of drug-likeness (QED) is 0.371. The molecule has 0 aliphatic rings. The number of urea groups is 1. The molecular weight excluding hydrogens is 348 g/mol. The van der Waals surface area contributed by atoms with Crippen LogP contribution < -0.4 is 10.7 Å². The maximum absolute atomic E-state index is 11.9.